The van der Waals surface area contributed by atoms with E-state index in [1.165, 1.54) is 54.7 Å². The van der Waals surface area contributed by atoms with Gasteiger partial charge in [0, 0.05) is 17.5 Å². The lowest BCUT2D eigenvalue weighted by atomic mass is 9.83. The number of carbonyl (C=O) groups excluding carboxylic acids is 1. The van der Waals surface area contributed by atoms with Crippen LogP contribution in [-0.2, 0) is 6.18 Å². The zero-order valence-electron chi connectivity index (χ0n) is 19.8. The summed E-state index contributed by atoms with van der Waals surface area (Å²) in [6, 6.07) is 13.3. The fraction of sp³-hybridized carbons (Fsp3) is 0.286. The van der Waals surface area contributed by atoms with Gasteiger partial charge in [-0.05, 0) is 60.4 Å². The smallest absolute Gasteiger partial charge is 0.416 e. The number of anilines is 2. The maximum atomic E-state index is 13.7. The number of esters is 1. The summed E-state index contributed by atoms with van der Waals surface area (Å²) in [5.74, 6) is -0.416. The topological polar surface area (TPSA) is 51.2 Å². The number of allylic oxidation sites excluding steroid dienone is 1. The number of carbonyl (C=O) groups is 1. The zero-order valence-corrected chi connectivity index (χ0v) is 19.8. The van der Waals surface area contributed by atoms with E-state index in [4.69, 9.17) is 4.74 Å². The number of nitrogens with zero attached hydrogens (tertiary/aromatic N) is 1. The molecule has 0 radical (unpaired) electrons. The second kappa shape index (κ2) is 11.5. The predicted octanol–water partition coefficient (Wildman–Crippen LogP) is 8.64. The van der Waals surface area contributed by atoms with Gasteiger partial charge in [0.25, 0.3) is 6.08 Å². The van der Waals surface area contributed by atoms with Crippen molar-refractivity contribution in [3.63, 3.8) is 0 Å². The van der Waals surface area contributed by atoms with Crippen molar-refractivity contribution >= 4 is 23.0 Å². The standard InChI is InChI=1S/C28H25F5N2O2/c29-25(30)24(16-18-6-2-1-3-7-18)19-11-13-22(14-12-19)37-27(36)23-10-5-15-34-26(23)35-21-9-4-8-20(17-21)28(31,32)33/h4-5,8-15,17-18H,1-3,6-7,16H2,(H,34,35). The lowest BCUT2D eigenvalue weighted by molar-refractivity contribution is -0.137. The molecule has 2 aromatic carbocycles. The summed E-state index contributed by atoms with van der Waals surface area (Å²) in [7, 11) is 0. The first-order chi connectivity index (χ1) is 17.7. The van der Waals surface area contributed by atoms with Crippen LogP contribution in [-0.4, -0.2) is 11.0 Å². The van der Waals surface area contributed by atoms with Gasteiger partial charge in [-0.1, -0.05) is 50.3 Å². The molecular formula is C28H25F5N2O2. The molecule has 0 bridgehead atoms. The summed E-state index contributed by atoms with van der Waals surface area (Å²) in [5, 5.41) is 2.73. The number of pyridine rings is 1. The molecule has 9 heteroatoms. The highest BCUT2D eigenvalue weighted by molar-refractivity contribution is 5.96. The van der Waals surface area contributed by atoms with Crippen LogP contribution in [0, 0.1) is 5.92 Å². The molecule has 0 atom stereocenters. The molecule has 1 aromatic heterocycles. The molecule has 37 heavy (non-hydrogen) atoms. The molecule has 1 aliphatic rings. The Morgan fingerprint density at radius 3 is 2.38 bits per heavy atom. The number of aromatic nitrogens is 1. The Labute approximate surface area is 211 Å². The molecule has 0 spiro atoms. The molecule has 1 heterocycles. The highest BCUT2D eigenvalue weighted by atomic mass is 19.4. The molecule has 194 valence electrons. The number of benzene rings is 2. The second-order valence-corrected chi connectivity index (χ2v) is 8.96. The lowest BCUT2D eigenvalue weighted by Crippen LogP contribution is -2.12. The lowest BCUT2D eigenvalue weighted by Gasteiger charge is -2.22. The molecule has 0 aliphatic heterocycles. The van der Waals surface area contributed by atoms with E-state index in [1.54, 1.807) is 0 Å². The van der Waals surface area contributed by atoms with Crippen molar-refractivity contribution in [2.75, 3.05) is 5.32 Å². The van der Waals surface area contributed by atoms with Gasteiger partial charge in [0.15, 0.2) is 0 Å². The van der Waals surface area contributed by atoms with Crippen LogP contribution in [0.5, 0.6) is 5.75 Å². The Balaban J connectivity index is 1.47. The number of alkyl halides is 3. The van der Waals surface area contributed by atoms with Gasteiger partial charge in [-0.25, -0.2) is 9.78 Å². The number of nitrogens with one attached hydrogen (secondary N) is 1. The first-order valence-electron chi connectivity index (χ1n) is 12.0. The molecular weight excluding hydrogens is 491 g/mol. The molecule has 1 saturated carbocycles. The molecule has 3 aromatic rings. The van der Waals surface area contributed by atoms with Crippen molar-refractivity contribution in [3.8, 4) is 5.75 Å². The largest absolute Gasteiger partial charge is 0.423 e. The Morgan fingerprint density at radius 1 is 0.973 bits per heavy atom. The molecule has 0 unspecified atom stereocenters. The van der Waals surface area contributed by atoms with E-state index in [-0.39, 0.29) is 34.3 Å². The van der Waals surface area contributed by atoms with Crippen molar-refractivity contribution in [2.45, 2.75) is 44.7 Å². The highest BCUT2D eigenvalue weighted by Gasteiger charge is 2.30. The first-order valence-corrected chi connectivity index (χ1v) is 12.0. The summed E-state index contributed by atoms with van der Waals surface area (Å²) < 4.78 is 71.9. The fourth-order valence-corrected chi connectivity index (χ4v) is 4.45. The first kappa shape index (κ1) is 26.3. The van der Waals surface area contributed by atoms with Gasteiger partial charge in [-0.2, -0.15) is 22.0 Å². The van der Waals surface area contributed by atoms with E-state index >= 15 is 0 Å². The monoisotopic (exact) mass is 516 g/mol. The summed E-state index contributed by atoms with van der Waals surface area (Å²) in [6.45, 7) is 0. The SMILES string of the molecule is O=C(Oc1ccc(C(CC2CCCCC2)=C(F)F)cc1)c1cccnc1Nc1cccc(C(F)(F)F)c1. The Bertz CT molecular complexity index is 1260. The van der Waals surface area contributed by atoms with Gasteiger partial charge in [0.05, 0.1) is 5.56 Å². The van der Waals surface area contributed by atoms with E-state index < -0.39 is 23.8 Å². The zero-order chi connectivity index (χ0) is 26.4. The highest BCUT2D eigenvalue weighted by Crippen LogP contribution is 2.36. The third-order valence-electron chi connectivity index (χ3n) is 6.34. The Kier molecular flexibility index (Phi) is 8.21. The Hall–Kier alpha value is -3.75. The Morgan fingerprint density at radius 2 is 1.70 bits per heavy atom. The maximum absolute atomic E-state index is 13.7. The maximum Gasteiger partial charge on any atom is 0.416 e. The summed E-state index contributed by atoms with van der Waals surface area (Å²) in [6.07, 6.45) is 0.585. The minimum atomic E-state index is -4.52. The van der Waals surface area contributed by atoms with Crippen LogP contribution in [0.3, 0.4) is 0 Å². The van der Waals surface area contributed by atoms with Crippen molar-refractivity contribution in [1.29, 1.82) is 0 Å². The molecule has 0 amide bonds. The summed E-state index contributed by atoms with van der Waals surface area (Å²) in [5.41, 5.74) is -0.378. The molecule has 4 nitrogen and oxygen atoms in total. The van der Waals surface area contributed by atoms with Gasteiger partial charge in [0.1, 0.15) is 17.1 Å². The summed E-state index contributed by atoms with van der Waals surface area (Å²) >= 11 is 0. The molecule has 1 fully saturated rings. The van der Waals surface area contributed by atoms with E-state index in [0.717, 1.165) is 44.2 Å². The molecule has 0 saturated heterocycles. The predicted molar refractivity (Wildman–Crippen MR) is 131 cm³/mol. The van der Waals surface area contributed by atoms with Crippen LogP contribution in [0.15, 0.2) is 72.9 Å². The molecule has 4 rings (SSSR count). The van der Waals surface area contributed by atoms with Crippen LogP contribution in [0.2, 0.25) is 0 Å². The van der Waals surface area contributed by atoms with Crippen LogP contribution in [0.25, 0.3) is 5.57 Å². The van der Waals surface area contributed by atoms with Crippen molar-refractivity contribution in [3.05, 3.63) is 89.6 Å². The third kappa shape index (κ3) is 6.93. The van der Waals surface area contributed by atoms with Gasteiger partial charge in [0.2, 0.25) is 0 Å². The van der Waals surface area contributed by atoms with E-state index in [1.807, 2.05) is 0 Å². The van der Waals surface area contributed by atoms with Gasteiger partial charge < -0.3 is 10.1 Å². The van der Waals surface area contributed by atoms with Crippen LogP contribution in [0.1, 0.15) is 60.0 Å². The van der Waals surface area contributed by atoms with Gasteiger partial charge in [-0.3, -0.25) is 0 Å². The van der Waals surface area contributed by atoms with E-state index in [9.17, 15) is 26.7 Å². The number of halogens is 5. The van der Waals surface area contributed by atoms with Crippen LogP contribution < -0.4 is 10.1 Å². The van der Waals surface area contributed by atoms with Crippen LogP contribution in [0.4, 0.5) is 33.5 Å². The van der Waals surface area contributed by atoms with Crippen molar-refractivity contribution in [2.24, 2.45) is 5.92 Å². The van der Waals surface area contributed by atoms with E-state index in [2.05, 4.69) is 10.3 Å². The van der Waals surface area contributed by atoms with Crippen LogP contribution >= 0.6 is 0 Å². The molecule has 1 N–H and O–H groups in total. The number of ether oxygens (including phenoxy) is 1. The van der Waals surface area contributed by atoms with E-state index in [0.29, 0.717) is 12.0 Å². The fourth-order valence-electron chi connectivity index (χ4n) is 4.45. The minimum absolute atomic E-state index is 0.00308. The van der Waals surface area contributed by atoms with Crippen molar-refractivity contribution in [1.82, 2.24) is 4.98 Å². The second-order valence-electron chi connectivity index (χ2n) is 8.96. The molecule has 1 aliphatic carbocycles. The average molecular weight is 517 g/mol. The third-order valence-corrected chi connectivity index (χ3v) is 6.34. The number of rotatable bonds is 7. The van der Waals surface area contributed by atoms with Crippen molar-refractivity contribution < 1.29 is 31.5 Å². The summed E-state index contributed by atoms with van der Waals surface area (Å²) in [4.78, 5) is 16.9. The minimum Gasteiger partial charge on any atom is -0.423 e. The normalized spacial score (nSPS) is 14.2. The number of hydrogen-bond acceptors (Lipinski definition) is 4. The average Bonchev–Trinajstić information content (AvgIpc) is 2.88. The number of hydrogen-bond donors (Lipinski definition) is 1. The van der Waals surface area contributed by atoms with Gasteiger partial charge in [-0.15, -0.1) is 0 Å². The quantitative estimate of drug-likeness (QED) is 0.194. The van der Waals surface area contributed by atoms with Gasteiger partial charge >= 0.3 is 12.1 Å².